The summed E-state index contributed by atoms with van der Waals surface area (Å²) in [6, 6.07) is 2.15. The average Bonchev–Trinajstić information content (AvgIpc) is 2.44. The number of rotatable bonds is 5. The van der Waals surface area contributed by atoms with Crippen molar-refractivity contribution < 1.29 is 5.11 Å². The number of hydrogen-bond donors (Lipinski definition) is 1. The largest absolute Gasteiger partial charge is 0.503 e. The SMILES string of the molecule is CC(C)Cn1cc(O)c(=O)cc1CN(C)C1CCN(C)CC1. The molecule has 0 unspecified atom stereocenters. The molecule has 0 radical (unpaired) electrons. The zero-order valence-electron chi connectivity index (χ0n) is 14.2. The van der Waals surface area contributed by atoms with Crippen LogP contribution in [0.5, 0.6) is 5.75 Å². The third-order valence-corrected chi connectivity index (χ3v) is 4.48. The topological polar surface area (TPSA) is 48.7 Å². The predicted octanol–water partition coefficient (Wildman–Crippen LogP) is 1.74. The fourth-order valence-corrected chi connectivity index (χ4v) is 3.12. The first-order chi connectivity index (χ1) is 10.4. The van der Waals surface area contributed by atoms with Crippen LogP contribution < -0.4 is 5.43 Å². The first-order valence-electron chi connectivity index (χ1n) is 8.18. The van der Waals surface area contributed by atoms with Crippen molar-refractivity contribution in [2.75, 3.05) is 27.2 Å². The number of likely N-dealkylation sites (tertiary alicyclic amines) is 1. The Bertz CT molecular complexity index is 545. The van der Waals surface area contributed by atoms with Gasteiger partial charge in [-0.3, -0.25) is 9.69 Å². The van der Waals surface area contributed by atoms with Crippen molar-refractivity contribution in [2.45, 2.75) is 45.8 Å². The summed E-state index contributed by atoms with van der Waals surface area (Å²) in [5, 5.41) is 9.70. The van der Waals surface area contributed by atoms with Gasteiger partial charge in [-0.2, -0.15) is 0 Å². The Morgan fingerprint density at radius 3 is 2.59 bits per heavy atom. The van der Waals surface area contributed by atoms with Crippen molar-refractivity contribution in [2.24, 2.45) is 5.92 Å². The molecule has 1 aliphatic heterocycles. The maximum atomic E-state index is 11.8. The van der Waals surface area contributed by atoms with Crippen LogP contribution in [0.4, 0.5) is 0 Å². The number of pyridine rings is 1. The molecule has 0 aromatic carbocycles. The summed E-state index contributed by atoms with van der Waals surface area (Å²) in [5.41, 5.74) is 0.699. The lowest BCUT2D eigenvalue weighted by atomic mass is 10.0. The van der Waals surface area contributed by atoms with Crippen molar-refractivity contribution in [3.05, 3.63) is 28.2 Å². The average molecular weight is 307 g/mol. The Balaban J connectivity index is 2.13. The molecule has 0 saturated carbocycles. The minimum atomic E-state index is -0.285. The van der Waals surface area contributed by atoms with Gasteiger partial charge in [0.15, 0.2) is 5.75 Å². The second-order valence-electron chi connectivity index (χ2n) is 7.01. The van der Waals surface area contributed by atoms with Crippen LogP contribution in [0.2, 0.25) is 0 Å². The highest BCUT2D eigenvalue weighted by Gasteiger charge is 2.21. The van der Waals surface area contributed by atoms with Crippen LogP contribution in [0, 0.1) is 5.92 Å². The molecule has 0 aliphatic carbocycles. The highest BCUT2D eigenvalue weighted by molar-refractivity contribution is 5.20. The summed E-state index contributed by atoms with van der Waals surface area (Å²) >= 11 is 0. The lowest BCUT2D eigenvalue weighted by molar-refractivity contribution is 0.136. The minimum Gasteiger partial charge on any atom is -0.503 e. The van der Waals surface area contributed by atoms with E-state index in [1.165, 1.54) is 12.8 Å². The number of aromatic nitrogens is 1. The van der Waals surface area contributed by atoms with Crippen LogP contribution in [0.25, 0.3) is 0 Å². The summed E-state index contributed by atoms with van der Waals surface area (Å²) in [5.74, 6) is 0.306. The molecule has 22 heavy (non-hydrogen) atoms. The number of piperidine rings is 1. The Morgan fingerprint density at radius 1 is 1.36 bits per heavy atom. The lowest BCUT2D eigenvalue weighted by Gasteiger charge is -2.35. The van der Waals surface area contributed by atoms with E-state index in [0.29, 0.717) is 12.0 Å². The van der Waals surface area contributed by atoms with Gasteiger partial charge in [0.05, 0.1) is 6.20 Å². The molecule has 124 valence electrons. The van der Waals surface area contributed by atoms with Crippen LogP contribution in [-0.2, 0) is 13.1 Å². The normalized spacial score (nSPS) is 17.5. The molecule has 1 N–H and O–H groups in total. The molecule has 5 nitrogen and oxygen atoms in total. The van der Waals surface area contributed by atoms with Crippen LogP contribution in [0.1, 0.15) is 32.4 Å². The zero-order valence-corrected chi connectivity index (χ0v) is 14.2. The zero-order chi connectivity index (χ0) is 16.3. The predicted molar refractivity (Wildman–Crippen MR) is 89.2 cm³/mol. The molecular weight excluding hydrogens is 278 g/mol. The first kappa shape index (κ1) is 17.0. The Hall–Kier alpha value is -1.33. The molecule has 0 atom stereocenters. The van der Waals surface area contributed by atoms with E-state index >= 15 is 0 Å². The van der Waals surface area contributed by atoms with Gasteiger partial charge in [0.1, 0.15) is 0 Å². The highest BCUT2D eigenvalue weighted by atomic mass is 16.3. The fraction of sp³-hybridized carbons (Fsp3) is 0.706. The van der Waals surface area contributed by atoms with E-state index in [1.54, 1.807) is 12.3 Å². The van der Waals surface area contributed by atoms with Crippen molar-refractivity contribution in [3.8, 4) is 5.75 Å². The molecule has 2 rings (SSSR count). The van der Waals surface area contributed by atoms with Crippen molar-refractivity contribution in [1.82, 2.24) is 14.4 Å². The van der Waals surface area contributed by atoms with Crippen LogP contribution in [0.3, 0.4) is 0 Å². The van der Waals surface area contributed by atoms with Gasteiger partial charge >= 0.3 is 0 Å². The summed E-state index contributed by atoms with van der Waals surface area (Å²) in [6.45, 7) is 8.09. The van der Waals surface area contributed by atoms with E-state index in [1.807, 2.05) is 4.57 Å². The summed E-state index contributed by atoms with van der Waals surface area (Å²) in [6.07, 6.45) is 3.92. The Labute approximate surface area is 133 Å². The van der Waals surface area contributed by atoms with Gasteiger partial charge in [0.2, 0.25) is 5.43 Å². The van der Waals surface area contributed by atoms with Gasteiger partial charge in [0.25, 0.3) is 0 Å². The summed E-state index contributed by atoms with van der Waals surface area (Å²) in [7, 11) is 4.30. The molecule has 0 bridgehead atoms. The maximum absolute atomic E-state index is 11.8. The third-order valence-electron chi connectivity index (χ3n) is 4.48. The van der Waals surface area contributed by atoms with Crippen molar-refractivity contribution >= 4 is 0 Å². The van der Waals surface area contributed by atoms with E-state index in [4.69, 9.17) is 0 Å². The molecule has 0 spiro atoms. The van der Waals surface area contributed by atoms with Crippen molar-refractivity contribution in [1.29, 1.82) is 0 Å². The smallest absolute Gasteiger partial charge is 0.223 e. The highest BCUT2D eigenvalue weighted by Crippen LogP contribution is 2.17. The van der Waals surface area contributed by atoms with Gasteiger partial charge in [-0.15, -0.1) is 0 Å². The molecule has 1 saturated heterocycles. The van der Waals surface area contributed by atoms with Crippen molar-refractivity contribution in [3.63, 3.8) is 0 Å². The summed E-state index contributed by atoms with van der Waals surface area (Å²) in [4.78, 5) is 16.5. The second kappa shape index (κ2) is 7.29. The molecule has 0 amide bonds. The van der Waals surface area contributed by atoms with E-state index in [0.717, 1.165) is 31.9 Å². The van der Waals surface area contributed by atoms with Crippen LogP contribution >= 0.6 is 0 Å². The van der Waals surface area contributed by atoms with Gasteiger partial charge in [-0.1, -0.05) is 13.8 Å². The molecule has 1 aromatic rings. The molecule has 1 fully saturated rings. The molecule has 5 heteroatoms. The van der Waals surface area contributed by atoms with Gasteiger partial charge in [-0.05, 0) is 45.9 Å². The molecule has 1 aromatic heterocycles. The van der Waals surface area contributed by atoms with E-state index in [9.17, 15) is 9.90 Å². The van der Waals surface area contributed by atoms with E-state index in [2.05, 4.69) is 37.7 Å². The van der Waals surface area contributed by atoms with Gasteiger partial charge in [0, 0.05) is 30.9 Å². The van der Waals surface area contributed by atoms with Crippen LogP contribution in [0.15, 0.2) is 17.1 Å². The second-order valence-corrected chi connectivity index (χ2v) is 7.01. The Kier molecular flexibility index (Phi) is 5.64. The molecule has 1 aliphatic rings. The standard InChI is InChI=1S/C17H29N3O2/c1-13(2)10-20-12-17(22)16(21)9-15(20)11-19(4)14-5-7-18(3)8-6-14/h9,12-14,22H,5-8,10-11H2,1-4H3. The third kappa shape index (κ3) is 4.34. The minimum absolute atomic E-state index is 0.161. The quantitative estimate of drug-likeness (QED) is 0.900. The van der Waals surface area contributed by atoms with Gasteiger partial charge < -0.3 is 14.6 Å². The van der Waals surface area contributed by atoms with Gasteiger partial charge in [-0.25, -0.2) is 0 Å². The number of aromatic hydroxyl groups is 1. The maximum Gasteiger partial charge on any atom is 0.223 e. The van der Waals surface area contributed by atoms with Crippen LogP contribution in [-0.4, -0.2) is 52.7 Å². The van der Waals surface area contributed by atoms with E-state index in [-0.39, 0.29) is 11.2 Å². The summed E-state index contributed by atoms with van der Waals surface area (Å²) < 4.78 is 2.02. The molecular formula is C17H29N3O2. The van der Waals surface area contributed by atoms with E-state index < -0.39 is 0 Å². The monoisotopic (exact) mass is 307 g/mol. The lowest BCUT2D eigenvalue weighted by Crippen LogP contribution is -2.42. The first-order valence-corrected chi connectivity index (χ1v) is 8.18. The Morgan fingerprint density at radius 2 is 2.00 bits per heavy atom. The number of nitrogens with zero attached hydrogens (tertiary/aromatic N) is 3. The fourth-order valence-electron chi connectivity index (χ4n) is 3.12. The number of hydrogen-bond acceptors (Lipinski definition) is 4. The molecule has 2 heterocycles.